The van der Waals surface area contributed by atoms with Crippen LogP contribution in [0.5, 0.6) is 0 Å². The third-order valence-corrected chi connectivity index (χ3v) is 8.23. The predicted octanol–water partition coefficient (Wildman–Crippen LogP) is 9.32. The van der Waals surface area contributed by atoms with Gasteiger partial charge in [-0.25, -0.2) is 0 Å². The van der Waals surface area contributed by atoms with Crippen LogP contribution in [-0.2, 0) is 10.8 Å². The van der Waals surface area contributed by atoms with Crippen LogP contribution in [0.3, 0.4) is 0 Å². The van der Waals surface area contributed by atoms with Crippen molar-refractivity contribution < 1.29 is 0 Å². The van der Waals surface area contributed by atoms with E-state index in [4.69, 9.17) is 4.98 Å². The predicted molar refractivity (Wildman–Crippen MR) is 150 cm³/mol. The van der Waals surface area contributed by atoms with E-state index in [9.17, 15) is 0 Å². The molecule has 35 heavy (non-hydrogen) atoms. The summed E-state index contributed by atoms with van der Waals surface area (Å²) in [5.74, 6) is 0. The molecular weight excluding hydrogens is 422 g/mol. The second-order valence-electron chi connectivity index (χ2n) is 11.5. The Hall–Kier alpha value is -3.71. The molecule has 0 radical (unpaired) electrons. The van der Waals surface area contributed by atoms with Crippen LogP contribution in [0.1, 0.15) is 45.2 Å². The first-order valence-electron chi connectivity index (χ1n) is 12.6. The van der Waals surface area contributed by atoms with Crippen molar-refractivity contribution in [2.24, 2.45) is 0 Å². The van der Waals surface area contributed by atoms with Gasteiger partial charge in [-0.05, 0) is 72.5 Å². The summed E-state index contributed by atoms with van der Waals surface area (Å²) < 4.78 is 0. The number of hydrogen-bond donors (Lipinski definition) is 0. The summed E-state index contributed by atoms with van der Waals surface area (Å²) in [5, 5.41) is 8.94. The molecule has 0 unspecified atom stereocenters. The largest absolute Gasteiger partial charge is 0.255 e. The van der Waals surface area contributed by atoms with Crippen molar-refractivity contribution in [3.8, 4) is 11.1 Å². The number of rotatable bonds is 1. The highest BCUT2D eigenvalue weighted by molar-refractivity contribution is 6.21. The fraction of sp³-hybridized carbons (Fsp3) is 0.206. The molecule has 1 heteroatoms. The molecule has 0 N–H and O–H groups in total. The maximum absolute atomic E-state index is 5.15. The van der Waals surface area contributed by atoms with E-state index >= 15 is 0 Å². The summed E-state index contributed by atoms with van der Waals surface area (Å²) in [6.07, 6.45) is 3.31. The molecule has 0 fully saturated rings. The van der Waals surface area contributed by atoms with E-state index in [1.807, 2.05) is 0 Å². The van der Waals surface area contributed by atoms with Crippen molar-refractivity contribution in [2.45, 2.75) is 44.9 Å². The monoisotopic (exact) mass is 451 g/mol. The van der Waals surface area contributed by atoms with Gasteiger partial charge < -0.3 is 0 Å². The Morgan fingerprint density at radius 2 is 1.29 bits per heavy atom. The molecule has 7 rings (SSSR count). The molecule has 5 aromatic carbocycles. The summed E-state index contributed by atoms with van der Waals surface area (Å²) >= 11 is 0. The van der Waals surface area contributed by atoms with Gasteiger partial charge in [-0.3, -0.25) is 4.98 Å². The topological polar surface area (TPSA) is 12.9 Å². The molecule has 0 aliphatic heterocycles. The summed E-state index contributed by atoms with van der Waals surface area (Å²) in [5.41, 5.74) is 6.87. The molecule has 0 saturated heterocycles. The Labute approximate surface area is 206 Å². The SMILES string of the molecule is CC1(C)CC(C)(C)c2c1cnc1c2ccc2c(-c3cccc4ccccc34)c3ccccc3cc21. The number of hydrogen-bond acceptors (Lipinski definition) is 1. The van der Waals surface area contributed by atoms with Gasteiger partial charge in [-0.15, -0.1) is 0 Å². The van der Waals surface area contributed by atoms with E-state index in [0.29, 0.717) is 0 Å². The standard InChI is InChI=1S/C34H29N/c1-33(2)20-34(3,4)31-27-17-16-26-28(32(27)35-19-29(31)33)18-22-11-6-8-14-24(22)30(26)25-15-9-12-21-10-5-7-13-23(21)25/h5-19H,20H2,1-4H3. The number of fused-ring (bicyclic) bond motifs is 7. The van der Waals surface area contributed by atoms with Gasteiger partial charge in [-0.2, -0.15) is 0 Å². The summed E-state index contributed by atoms with van der Waals surface area (Å²) in [7, 11) is 0. The molecular formula is C34H29N. The molecule has 0 atom stereocenters. The second-order valence-corrected chi connectivity index (χ2v) is 11.5. The zero-order valence-electron chi connectivity index (χ0n) is 20.8. The third-order valence-electron chi connectivity index (χ3n) is 8.23. The van der Waals surface area contributed by atoms with Crippen molar-refractivity contribution in [2.75, 3.05) is 0 Å². The number of nitrogens with zero attached hydrogens (tertiary/aromatic N) is 1. The summed E-state index contributed by atoms with van der Waals surface area (Å²) in [4.78, 5) is 5.15. The first kappa shape index (κ1) is 20.6. The number of aromatic nitrogens is 1. The lowest BCUT2D eigenvalue weighted by Crippen LogP contribution is -2.18. The molecule has 0 spiro atoms. The van der Waals surface area contributed by atoms with Crippen LogP contribution in [0, 0.1) is 0 Å². The summed E-state index contributed by atoms with van der Waals surface area (Å²) in [6, 6.07) is 31.2. The van der Waals surface area contributed by atoms with E-state index in [2.05, 4.69) is 119 Å². The molecule has 1 heterocycles. The Balaban J connectivity index is 1.67. The summed E-state index contributed by atoms with van der Waals surface area (Å²) in [6.45, 7) is 9.51. The molecule has 6 aromatic rings. The normalized spacial score (nSPS) is 16.3. The fourth-order valence-corrected chi connectivity index (χ4v) is 7.07. The fourth-order valence-electron chi connectivity index (χ4n) is 7.07. The quantitative estimate of drug-likeness (QED) is 0.179. The zero-order valence-corrected chi connectivity index (χ0v) is 20.8. The van der Waals surface area contributed by atoms with Crippen molar-refractivity contribution in [3.05, 3.63) is 102 Å². The van der Waals surface area contributed by atoms with Crippen LogP contribution in [-0.4, -0.2) is 4.98 Å². The van der Waals surface area contributed by atoms with Gasteiger partial charge in [0.1, 0.15) is 0 Å². The van der Waals surface area contributed by atoms with Crippen LogP contribution < -0.4 is 0 Å². The average Bonchev–Trinajstić information content (AvgIpc) is 3.05. The van der Waals surface area contributed by atoms with Gasteiger partial charge in [-0.1, -0.05) is 107 Å². The maximum atomic E-state index is 5.15. The second kappa shape index (κ2) is 6.92. The first-order valence-corrected chi connectivity index (χ1v) is 12.6. The van der Waals surface area contributed by atoms with Gasteiger partial charge in [0.2, 0.25) is 0 Å². The third kappa shape index (κ3) is 2.85. The Morgan fingerprint density at radius 3 is 2.11 bits per heavy atom. The van der Waals surface area contributed by atoms with Crippen LogP contribution in [0.25, 0.3) is 54.3 Å². The zero-order chi connectivity index (χ0) is 23.9. The van der Waals surface area contributed by atoms with Gasteiger partial charge >= 0.3 is 0 Å². The molecule has 0 amide bonds. The smallest absolute Gasteiger partial charge is 0.0783 e. The highest BCUT2D eigenvalue weighted by atomic mass is 14.7. The minimum atomic E-state index is 0.128. The van der Waals surface area contributed by atoms with Crippen molar-refractivity contribution in [1.29, 1.82) is 0 Å². The minimum absolute atomic E-state index is 0.128. The van der Waals surface area contributed by atoms with Crippen LogP contribution in [0.2, 0.25) is 0 Å². The van der Waals surface area contributed by atoms with Crippen molar-refractivity contribution >= 4 is 43.2 Å². The average molecular weight is 452 g/mol. The lowest BCUT2D eigenvalue weighted by Gasteiger charge is -2.23. The highest BCUT2D eigenvalue weighted by Crippen LogP contribution is 2.52. The van der Waals surface area contributed by atoms with E-state index in [-0.39, 0.29) is 10.8 Å². The minimum Gasteiger partial charge on any atom is -0.255 e. The Morgan fingerprint density at radius 1 is 0.600 bits per heavy atom. The Bertz CT molecular complexity index is 1820. The molecule has 1 nitrogen and oxygen atoms in total. The lowest BCUT2D eigenvalue weighted by molar-refractivity contribution is 0.404. The van der Waals surface area contributed by atoms with Crippen molar-refractivity contribution in [3.63, 3.8) is 0 Å². The highest BCUT2D eigenvalue weighted by Gasteiger charge is 2.43. The molecule has 0 bridgehead atoms. The van der Waals surface area contributed by atoms with Crippen LogP contribution >= 0.6 is 0 Å². The molecule has 1 aromatic heterocycles. The molecule has 0 saturated carbocycles. The van der Waals surface area contributed by atoms with Crippen LogP contribution in [0.4, 0.5) is 0 Å². The van der Waals surface area contributed by atoms with E-state index in [1.54, 1.807) is 0 Å². The van der Waals surface area contributed by atoms with Gasteiger partial charge in [0.15, 0.2) is 0 Å². The molecule has 170 valence electrons. The van der Waals surface area contributed by atoms with Gasteiger partial charge in [0, 0.05) is 17.0 Å². The molecule has 1 aliphatic rings. The Kier molecular flexibility index (Phi) is 4.08. The van der Waals surface area contributed by atoms with Crippen molar-refractivity contribution in [1.82, 2.24) is 4.98 Å². The number of benzene rings is 5. The van der Waals surface area contributed by atoms with Gasteiger partial charge in [0.05, 0.1) is 5.52 Å². The van der Waals surface area contributed by atoms with Crippen LogP contribution in [0.15, 0.2) is 91.1 Å². The maximum Gasteiger partial charge on any atom is 0.0783 e. The first-order chi connectivity index (χ1) is 16.9. The number of pyridine rings is 1. The van der Waals surface area contributed by atoms with E-state index in [1.165, 1.54) is 60.0 Å². The van der Waals surface area contributed by atoms with Gasteiger partial charge in [0.25, 0.3) is 0 Å². The van der Waals surface area contributed by atoms with E-state index in [0.717, 1.165) is 11.9 Å². The lowest BCUT2D eigenvalue weighted by atomic mass is 9.81. The molecule has 1 aliphatic carbocycles. The van der Waals surface area contributed by atoms with E-state index < -0.39 is 0 Å².